The molecule has 2 N–H and O–H groups in total. The van der Waals surface area contributed by atoms with Gasteiger partial charge in [-0.1, -0.05) is 12.1 Å². The van der Waals surface area contributed by atoms with Crippen molar-refractivity contribution in [3.05, 3.63) is 29.8 Å². The molecule has 0 spiro atoms. The largest absolute Gasteiger partial charge is 0.497 e. The van der Waals surface area contributed by atoms with E-state index in [0.717, 1.165) is 0 Å². The van der Waals surface area contributed by atoms with Crippen LogP contribution in [-0.2, 0) is 4.79 Å². The number of carboxylic acid groups (broad SMARTS) is 1. The fraction of sp³-hybridized carbons (Fsp3) is 0.364. The minimum Gasteiger partial charge on any atom is -0.497 e. The van der Waals surface area contributed by atoms with Gasteiger partial charge in [0.1, 0.15) is 5.75 Å². The quantitative estimate of drug-likeness (QED) is 0.774. The topological polar surface area (TPSA) is 66.8 Å². The summed E-state index contributed by atoms with van der Waals surface area (Å²) in [5.74, 6) is -0.251. The maximum absolute atomic E-state index is 10.3. The molecule has 1 aromatic carbocycles. The number of methoxy groups -OCH3 is 1. The first-order valence-corrected chi connectivity index (χ1v) is 4.67. The Labute approximate surface area is 88.1 Å². The first kappa shape index (κ1) is 11.5. The van der Waals surface area contributed by atoms with Gasteiger partial charge >= 0.3 is 5.97 Å². The molecule has 1 rings (SSSR count). The number of aliphatic hydroxyl groups excluding tert-OH is 1. The summed E-state index contributed by atoms with van der Waals surface area (Å²) in [6.07, 6.45) is -0.586. The molecule has 4 heteroatoms. The normalized spacial score (nSPS) is 12.1. The molecule has 1 aromatic rings. The van der Waals surface area contributed by atoms with Gasteiger partial charge < -0.3 is 14.9 Å². The van der Waals surface area contributed by atoms with E-state index < -0.39 is 12.1 Å². The molecule has 0 fully saturated rings. The van der Waals surface area contributed by atoms with Crippen molar-refractivity contribution in [2.75, 3.05) is 7.11 Å². The summed E-state index contributed by atoms with van der Waals surface area (Å²) < 4.78 is 5.00. The Morgan fingerprint density at radius 2 is 2.27 bits per heavy atom. The van der Waals surface area contributed by atoms with Crippen molar-refractivity contribution in [3.8, 4) is 5.75 Å². The number of aliphatic carboxylic acids is 1. The van der Waals surface area contributed by atoms with E-state index in [1.807, 2.05) is 0 Å². The van der Waals surface area contributed by atoms with Crippen LogP contribution in [0.1, 0.15) is 24.5 Å². The lowest BCUT2D eigenvalue weighted by atomic mass is 10.0. The van der Waals surface area contributed by atoms with Gasteiger partial charge in [-0.25, -0.2) is 0 Å². The van der Waals surface area contributed by atoms with Gasteiger partial charge in [0.25, 0.3) is 0 Å². The molecule has 0 aliphatic carbocycles. The summed E-state index contributed by atoms with van der Waals surface area (Å²) >= 11 is 0. The number of aliphatic hydroxyl groups is 1. The molecule has 0 saturated carbocycles. The average molecular weight is 210 g/mol. The molecule has 1 atom stereocenters. The van der Waals surface area contributed by atoms with Gasteiger partial charge in [-0.15, -0.1) is 0 Å². The molecule has 0 aliphatic heterocycles. The number of hydrogen-bond donors (Lipinski definition) is 2. The van der Waals surface area contributed by atoms with Crippen LogP contribution in [0, 0.1) is 0 Å². The Morgan fingerprint density at radius 1 is 1.53 bits per heavy atom. The fourth-order valence-corrected chi connectivity index (χ4v) is 1.28. The first-order valence-electron chi connectivity index (χ1n) is 4.67. The second-order valence-electron chi connectivity index (χ2n) is 3.22. The number of carbonyl (C=O) groups is 1. The van der Waals surface area contributed by atoms with Crippen LogP contribution in [0.4, 0.5) is 0 Å². The molecular formula is C11H14O4. The second-order valence-corrected chi connectivity index (χ2v) is 3.22. The third-order valence-electron chi connectivity index (χ3n) is 2.11. The molecule has 0 heterocycles. The van der Waals surface area contributed by atoms with Crippen molar-refractivity contribution in [2.45, 2.75) is 18.9 Å². The van der Waals surface area contributed by atoms with E-state index in [-0.39, 0.29) is 12.8 Å². The zero-order chi connectivity index (χ0) is 11.3. The van der Waals surface area contributed by atoms with Gasteiger partial charge in [-0.05, 0) is 24.1 Å². The molecule has 0 bridgehead atoms. The van der Waals surface area contributed by atoms with Gasteiger partial charge in [-0.3, -0.25) is 4.79 Å². The molecule has 82 valence electrons. The van der Waals surface area contributed by atoms with Gasteiger partial charge in [-0.2, -0.15) is 0 Å². The van der Waals surface area contributed by atoms with E-state index in [0.29, 0.717) is 11.3 Å². The van der Waals surface area contributed by atoms with Gasteiger partial charge in [0.05, 0.1) is 13.2 Å². The lowest BCUT2D eigenvalue weighted by molar-refractivity contribution is -0.137. The molecule has 0 radical (unpaired) electrons. The van der Waals surface area contributed by atoms with E-state index in [1.54, 1.807) is 31.4 Å². The summed E-state index contributed by atoms with van der Waals surface area (Å²) in [5.41, 5.74) is 0.676. The lowest BCUT2D eigenvalue weighted by Gasteiger charge is -2.10. The van der Waals surface area contributed by atoms with Crippen LogP contribution in [0.15, 0.2) is 24.3 Å². The lowest BCUT2D eigenvalue weighted by Crippen LogP contribution is -2.02. The smallest absolute Gasteiger partial charge is 0.303 e. The number of benzene rings is 1. The highest BCUT2D eigenvalue weighted by Crippen LogP contribution is 2.22. The first-order chi connectivity index (χ1) is 7.13. The Balaban J connectivity index is 2.64. The van der Waals surface area contributed by atoms with Crippen molar-refractivity contribution in [3.63, 3.8) is 0 Å². The highest BCUT2D eigenvalue weighted by molar-refractivity contribution is 5.66. The fourth-order valence-electron chi connectivity index (χ4n) is 1.28. The van der Waals surface area contributed by atoms with Crippen LogP contribution in [0.3, 0.4) is 0 Å². The third kappa shape index (κ3) is 3.59. The standard InChI is InChI=1S/C11H14O4/c1-15-9-4-2-3-8(7-9)10(12)5-6-11(13)14/h2-4,7,10,12H,5-6H2,1H3,(H,13,14)/t10-/m0/s1. The molecular weight excluding hydrogens is 196 g/mol. The number of carboxylic acids is 1. The second kappa shape index (κ2) is 5.36. The van der Waals surface area contributed by atoms with E-state index >= 15 is 0 Å². The molecule has 0 aliphatic rings. The monoisotopic (exact) mass is 210 g/mol. The summed E-state index contributed by atoms with van der Waals surface area (Å²) in [6, 6.07) is 6.98. The molecule has 0 amide bonds. The molecule has 0 unspecified atom stereocenters. The van der Waals surface area contributed by atoms with Crippen LogP contribution in [0.5, 0.6) is 5.75 Å². The van der Waals surface area contributed by atoms with Crippen LogP contribution >= 0.6 is 0 Å². The zero-order valence-corrected chi connectivity index (χ0v) is 8.51. The van der Waals surface area contributed by atoms with Crippen LogP contribution in [0.25, 0.3) is 0 Å². The van der Waals surface area contributed by atoms with Crippen molar-refractivity contribution in [2.24, 2.45) is 0 Å². The Morgan fingerprint density at radius 3 is 2.87 bits per heavy atom. The minimum atomic E-state index is -0.906. The third-order valence-corrected chi connectivity index (χ3v) is 2.11. The molecule has 4 nitrogen and oxygen atoms in total. The predicted octanol–water partition coefficient (Wildman–Crippen LogP) is 1.59. The van der Waals surface area contributed by atoms with Crippen molar-refractivity contribution >= 4 is 5.97 Å². The molecule has 15 heavy (non-hydrogen) atoms. The van der Waals surface area contributed by atoms with Gasteiger partial charge in [0.15, 0.2) is 0 Å². The predicted molar refractivity (Wildman–Crippen MR) is 54.8 cm³/mol. The van der Waals surface area contributed by atoms with Gasteiger partial charge in [0.2, 0.25) is 0 Å². The van der Waals surface area contributed by atoms with Crippen molar-refractivity contribution < 1.29 is 19.7 Å². The Hall–Kier alpha value is -1.55. The molecule has 0 aromatic heterocycles. The number of hydrogen-bond acceptors (Lipinski definition) is 3. The summed E-state index contributed by atoms with van der Waals surface area (Å²) in [5, 5.41) is 18.1. The van der Waals surface area contributed by atoms with Crippen LogP contribution in [0.2, 0.25) is 0 Å². The Bertz CT molecular complexity index is 335. The van der Waals surface area contributed by atoms with E-state index in [9.17, 15) is 9.90 Å². The summed E-state index contributed by atoms with van der Waals surface area (Å²) in [4.78, 5) is 10.3. The minimum absolute atomic E-state index is 0.0433. The summed E-state index contributed by atoms with van der Waals surface area (Å²) in [7, 11) is 1.54. The summed E-state index contributed by atoms with van der Waals surface area (Å²) in [6.45, 7) is 0. The highest BCUT2D eigenvalue weighted by Gasteiger charge is 2.10. The van der Waals surface area contributed by atoms with Crippen molar-refractivity contribution in [1.82, 2.24) is 0 Å². The van der Waals surface area contributed by atoms with Crippen LogP contribution in [-0.4, -0.2) is 23.3 Å². The van der Waals surface area contributed by atoms with Gasteiger partial charge in [0, 0.05) is 6.42 Å². The van der Waals surface area contributed by atoms with E-state index in [2.05, 4.69) is 0 Å². The molecule has 0 saturated heterocycles. The van der Waals surface area contributed by atoms with E-state index in [1.165, 1.54) is 0 Å². The maximum Gasteiger partial charge on any atom is 0.303 e. The maximum atomic E-state index is 10.3. The van der Waals surface area contributed by atoms with Crippen molar-refractivity contribution in [1.29, 1.82) is 0 Å². The zero-order valence-electron chi connectivity index (χ0n) is 8.51. The highest BCUT2D eigenvalue weighted by atomic mass is 16.5. The Kier molecular flexibility index (Phi) is 4.12. The van der Waals surface area contributed by atoms with Crippen LogP contribution < -0.4 is 4.74 Å². The SMILES string of the molecule is COc1cccc([C@@H](O)CCC(=O)O)c1. The van der Waals surface area contributed by atoms with E-state index in [4.69, 9.17) is 9.84 Å². The number of ether oxygens (including phenoxy) is 1. The number of rotatable bonds is 5. The average Bonchev–Trinajstić information content (AvgIpc) is 2.26.